The van der Waals surface area contributed by atoms with Crippen LogP contribution in [-0.2, 0) is 16.2 Å². The second-order valence-corrected chi connectivity index (χ2v) is 9.23. The molecule has 4 rings (SSSR count). The minimum Gasteiger partial charge on any atom is -0.489 e. The largest absolute Gasteiger partial charge is 0.489 e. The molecular weight excluding hydrogens is 454 g/mol. The van der Waals surface area contributed by atoms with Crippen LogP contribution in [0, 0.1) is 6.92 Å². The molecule has 0 spiro atoms. The number of rotatable bonds is 7. The van der Waals surface area contributed by atoms with E-state index in [9.17, 15) is 14.7 Å². The molecule has 0 bridgehead atoms. The lowest BCUT2D eigenvalue weighted by Crippen LogP contribution is -2.37. The summed E-state index contributed by atoms with van der Waals surface area (Å²) in [7, 11) is 0. The normalized spacial score (nSPS) is 15.7. The fourth-order valence-electron chi connectivity index (χ4n) is 3.44. The number of hydrogen-bond donors (Lipinski definition) is 1. The van der Waals surface area contributed by atoms with E-state index < -0.39 is 17.9 Å². The van der Waals surface area contributed by atoms with Gasteiger partial charge in [0, 0.05) is 0 Å². The summed E-state index contributed by atoms with van der Waals surface area (Å²) in [5, 5.41) is 9.80. The van der Waals surface area contributed by atoms with Crippen molar-refractivity contribution < 1.29 is 19.4 Å². The van der Waals surface area contributed by atoms with Crippen LogP contribution in [-0.4, -0.2) is 26.2 Å². The topological polar surface area (TPSA) is 66.8 Å². The summed E-state index contributed by atoms with van der Waals surface area (Å²) >= 11 is 6.48. The van der Waals surface area contributed by atoms with Crippen LogP contribution >= 0.6 is 24.0 Å². The molecule has 33 heavy (non-hydrogen) atoms. The summed E-state index contributed by atoms with van der Waals surface area (Å²) in [5.41, 5.74) is 3.51. The molecule has 0 saturated carbocycles. The van der Waals surface area contributed by atoms with Crippen LogP contribution in [0.1, 0.15) is 28.3 Å². The fourth-order valence-corrected chi connectivity index (χ4v) is 4.75. The number of carboxylic acid groups (broad SMARTS) is 1. The monoisotopic (exact) mass is 475 g/mol. The molecule has 0 unspecified atom stereocenters. The Morgan fingerprint density at radius 2 is 1.82 bits per heavy atom. The van der Waals surface area contributed by atoms with Crippen molar-refractivity contribution in [1.82, 2.24) is 4.90 Å². The molecule has 3 aromatic rings. The number of ether oxygens (including phenoxy) is 1. The molecule has 3 aromatic carbocycles. The molecule has 0 aromatic heterocycles. The van der Waals surface area contributed by atoms with E-state index in [1.807, 2.05) is 55.5 Å². The van der Waals surface area contributed by atoms with Crippen LogP contribution in [0.2, 0.25) is 0 Å². The van der Waals surface area contributed by atoms with Gasteiger partial charge in [0.1, 0.15) is 16.7 Å². The first-order valence-electron chi connectivity index (χ1n) is 10.3. The zero-order chi connectivity index (χ0) is 23.4. The number of thioether (sulfide) groups is 1. The van der Waals surface area contributed by atoms with Crippen molar-refractivity contribution in [2.45, 2.75) is 19.6 Å². The highest BCUT2D eigenvalue weighted by atomic mass is 32.2. The molecule has 1 amide bonds. The van der Waals surface area contributed by atoms with E-state index in [4.69, 9.17) is 17.0 Å². The van der Waals surface area contributed by atoms with E-state index in [1.165, 1.54) is 10.5 Å². The van der Waals surface area contributed by atoms with Gasteiger partial charge in [-0.05, 0) is 41.8 Å². The number of carbonyl (C=O) groups excluding carboxylic acids is 1. The molecule has 0 aliphatic carbocycles. The van der Waals surface area contributed by atoms with E-state index in [0.717, 1.165) is 22.9 Å². The predicted octanol–water partition coefficient (Wildman–Crippen LogP) is 5.60. The molecule has 1 aliphatic rings. The second kappa shape index (κ2) is 10.0. The third-order valence-corrected chi connectivity index (χ3v) is 6.44. The summed E-state index contributed by atoms with van der Waals surface area (Å²) in [6.45, 7) is 2.47. The predicted molar refractivity (Wildman–Crippen MR) is 134 cm³/mol. The Hall–Kier alpha value is -3.42. The molecule has 166 valence electrons. The van der Waals surface area contributed by atoms with Crippen LogP contribution < -0.4 is 4.74 Å². The maximum Gasteiger partial charge on any atom is 0.331 e. The minimum atomic E-state index is -1.17. The number of carbonyl (C=O) groups is 2. The maximum absolute atomic E-state index is 13.1. The van der Waals surface area contributed by atoms with Crippen molar-refractivity contribution in [3.63, 3.8) is 0 Å². The summed E-state index contributed by atoms with van der Waals surface area (Å²) in [4.78, 5) is 26.7. The van der Waals surface area contributed by atoms with Crippen molar-refractivity contribution in [2.24, 2.45) is 0 Å². The molecule has 7 heteroatoms. The third-order valence-electron chi connectivity index (χ3n) is 5.11. The first kappa shape index (κ1) is 22.8. The van der Waals surface area contributed by atoms with Crippen LogP contribution in [0.15, 0.2) is 83.8 Å². The van der Waals surface area contributed by atoms with Gasteiger partial charge < -0.3 is 9.84 Å². The maximum atomic E-state index is 13.1. The third kappa shape index (κ3) is 5.32. The highest BCUT2D eigenvalue weighted by molar-refractivity contribution is 8.26. The van der Waals surface area contributed by atoms with Crippen LogP contribution in [0.4, 0.5) is 0 Å². The molecule has 1 atom stereocenters. The van der Waals surface area contributed by atoms with E-state index in [-0.39, 0.29) is 4.32 Å². The lowest BCUT2D eigenvalue weighted by molar-refractivity contribution is -0.145. The molecule has 1 fully saturated rings. The van der Waals surface area contributed by atoms with Crippen LogP contribution in [0.3, 0.4) is 0 Å². The van der Waals surface area contributed by atoms with Gasteiger partial charge in [0.25, 0.3) is 5.91 Å². The summed E-state index contributed by atoms with van der Waals surface area (Å²) in [6, 6.07) is 23.0. The molecular formula is C26H21NO4S2. The standard InChI is InChI=1S/C26H21NO4S2/c1-17-10-12-18(13-11-17)16-31-21-9-5-6-19(14-21)15-22-24(28)27(26(32)33-22)23(25(29)30)20-7-3-2-4-8-20/h2-15,23H,16H2,1H3,(H,29,30)/b22-15-/t23-/m1/s1. The zero-order valence-electron chi connectivity index (χ0n) is 17.8. The van der Waals surface area contributed by atoms with Crippen LogP contribution in [0.25, 0.3) is 6.08 Å². The Labute approximate surface area is 201 Å². The number of aliphatic carboxylic acids is 1. The highest BCUT2D eigenvalue weighted by Gasteiger charge is 2.41. The van der Waals surface area contributed by atoms with Gasteiger partial charge in [0.2, 0.25) is 0 Å². The molecule has 5 nitrogen and oxygen atoms in total. The van der Waals surface area contributed by atoms with Crippen LogP contribution in [0.5, 0.6) is 5.75 Å². The number of carboxylic acids is 1. The Morgan fingerprint density at radius 1 is 1.09 bits per heavy atom. The first-order chi connectivity index (χ1) is 15.9. The number of nitrogens with zero attached hydrogens (tertiary/aromatic N) is 1. The van der Waals surface area contributed by atoms with Gasteiger partial charge in [-0.2, -0.15) is 0 Å². The lowest BCUT2D eigenvalue weighted by Gasteiger charge is -2.23. The van der Waals surface area contributed by atoms with Gasteiger partial charge in [-0.1, -0.05) is 96.3 Å². The Balaban J connectivity index is 1.53. The number of hydrogen-bond acceptors (Lipinski definition) is 5. The molecule has 1 aliphatic heterocycles. The average Bonchev–Trinajstić information content (AvgIpc) is 3.07. The fraction of sp³-hybridized carbons (Fsp3) is 0.115. The van der Waals surface area contributed by atoms with Gasteiger partial charge >= 0.3 is 5.97 Å². The Kier molecular flexibility index (Phi) is 6.91. The van der Waals surface area contributed by atoms with E-state index in [2.05, 4.69) is 0 Å². The summed E-state index contributed by atoms with van der Waals surface area (Å²) in [5.74, 6) is -0.884. The molecule has 1 N–H and O–H groups in total. The molecule has 0 radical (unpaired) electrons. The van der Waals surface area contributed by atoms with Gasteiger partial charge in [-0.3, -0.25) is 9.69 Å². The highest BCUT2D eigenvalue weighted by Crippen LogP contribution is 2.38. The minimum absolute atomic E-state index is 0.217. The van der Waals surface area contributed by atoms with Gasteiger partial charge in [-0.15, -0.1) is 0 Å². The van der Waals surface area contributed by atoms with Crippen molar-refractivity contribution in [1.29, 1.82) is 0 Å². The number of benzene rings is 3. The SMILES string of the molecule is Cc1ccc(COc2cccc(/C=C3\SC(=S)N([C@@H](C(=O)O)c4ccccc4)C3=O)c2)cc1. The number of thiocarbonyl (C=S) groups is 1. The van der Waals surface area contributed by atoms with Crippen molar-refractivity contribution >= 4 is 46.3 Å². The lowest BCUT2D eigenvalue weighted by atomic mass is 10.1. The Bertz CT molecular complexity index is 1220. The zero-order valence-corrected chi connectivity index (χ0v) is 19.4. The van der Waals surface area contributed by atoms with E-state index >= 15 is 0 Å². The van der Waals surface area contributed by atoms with Gasteiger partial charge in [0.15, 0.2) is 6.04 Å². The van der Waals surface area contributed by atoms with Gasteiger partial charge in [-0.25, -0.2) is 4.79 Å². The molecule has 1 saturated heterocycles. The smallest absolute Gasteiger partial charge is 0.331 e. The summed E-state index contributed by atoms with van der Waals surface area (Å²) in [6.07, 6.45) is 1.71. The van der Waals surface area contributed by atoms with Crippen molar-refractivity contribution in [3.8, 4) is 5.75 Å². The van der Waals surface area contributed by atoms with Crippen molar-refractivity contribution in [2.75, 3.05) is 0 Å². The van der Waals surface area contributed by atoms with E-state index in [1.54, 1.807) is 36.4 Å². The van der Waals surface area contributed by atoms with Crippen molar-refractivity contribution in [3.05, 3.63) is 106 Å². The van der Waals surface area contributed by atoms with E-state index in [0.29, 0.717) is 22.8 Å². The Morgan fingerprint density at radius 3 is 2.52 bits per heavy atom. The number of aryl methyl sites for hydroxylation is 1. The molecule has 1 heterocycles. The summed E-state index contributed by atoms with van der Waals surface area (Å²) < 4.78 is 6.12. The second-order valence-electron chi connectivity index (χ2n) is 7.55. The quantitative estimate of drug-likeness (QED) is 0.354. The first-order valence-corrected chi connectivity index (χ1v) is 11.5. The van der Waals surface area contributed by atoms with Gasteiger partial charge in [0.05, 0.1) is 4.91 Å². The number of amides is 1. The average molecular weight is 476 g/mol.